The average Bonchev–Trinajstić information content (AvgIpc) is 2.45. The monoisotopic (exact) mass is 199 g/mol. The van der Waals surface area contributed by atoms with Crippen LogP contribution in [0.15, 0.2) is 54.6 Å². The lowest BCUT2D eigenvalue weighted by atomic mass is 10.1. The molecule has 1 amide bonds. The van der Waals surface area contributed by atoms with Gasteiger partial charge in [0, 0.05) is 11.3 Å². The summed E-state index contributed by atoms with van der Waals surface area (Å²) in [4.78, 5) is 13.6. The fourth-order valence-corrected chi connectivity index (χ4v) is 1.80. The molecule has 0 bridgehead atoms. The second kappa shape index (κ2) is 3.39. The maximum atomic E-state index is 11.9. The molecule has 1 unspecified atom stereocenters. The van der Waals surface area contributed by atoms with Gasteiger partial charge in [0.2, 0.25) is 0 Å². The largest absolute Gasteiger partial charge is 0.301 e. The zero-order chi connectivity index (χ0) is 11.0. The molecule has 2 nitrogen and oxygen atoms in total. The van der Waals surface area contributed by atoms with E-state index in [1.165, 1.54) is 0 Å². The summed E-state index contributed by atoms with van der Waals surface area (Å²) in [5.74, 6) is -0.0429. The summed E-state index contributed by atoms with van der Waals surface area (Å²) in [7, 11) is 0. The summed E-state index contributed by atoms with van der Waals surface area (Å²) in [6, 6.07) is 9.60. The van der Waals surface area contributed by atoms with E-state index in [0.717, 1.165) is 11.3 Å². The highest BCUT2D eigenvalue weighted by Crippen LogP contribution is 2.31. The van der Waals surface area contributed by atoms with Crippen LogP contribution in [0.1, 0.15) is 6.92 Å². The van der Waals surface area contributed by atoms with Crippen molar-refractivity contribution in [2.24, 2.45) is 0 Å². The average molecular weight is 199 g/mol. The van der Waals surface area contributed by atoms with E-state index < -0.39 is 0 Å². The number of hydrogen-bond acceptors (Lipinski definition) is 1. The third-order valence-corrected chi connectivity index (χ3v) is 2.79. The molecule has 0 aromatic heterocycles. The van der Waals surface area contributed by atoms with E-state index in [0.29, 0.717) is 5.57 Å². The maximum absolute atomic E-state index is 11.9. The Labute approximate surface area is 89.5 Å². The molecule has 1 fully saturated rings. The van der Waals surface area contributed by atoms with Crippen molar-refractivity contribution in [2.45, 2.75) is 13.0 Å². The van der Waals surface area contributed by atoms with Crippen LogP contribution in [0.4, 0.5) is 5.69 Å². The van der Waals surface area contributed by atoms with Gasteiger partial charge in [-0.25, -0.2) is 0 Å². The molecule has 1 aliphatic heterocycles. The van der Waals surface area contributed by atoms with Crippen molar-refractivity contribution >= 4 is 11.6 Å². The molecule has 1 heterocycles. The summed E-state index contributed by atoms with van der Waals surface area (Å²) >= 11 is 0. The van der Waals surface area contributed by atoms with Crippen LogP contribution in [0.2, 0.25) is 0 Å². The first-order valence-corrected chi connectivity index (χ1v) is 4.89. The second-order valence-electron chi connectivity index (χ2n) is 3.69. The molecule has 1 aromatic rings. The lowest BCUT2D eigenvalue weighted by Crippen LogP contribution is -2.31. The van der Waals surface area contributed by atoms with Gasteiger partial charge in [-0.1, -0.05) is 31.4 Å². The Morgan fingerprint density at radius 2 is 1.80 bits per heavy atom. The first-order chi connectivity index (χ1) is 7.13. The normalized spacial score (nSPS) is 21.3. The van der Waals surface area contributed by atoms with Crippen molar-refractivity contribution in [1.82, 2.24) is 0 Å². The van der Waals surface area contributed by atoms with Gasteiger partial charge in [-0.15, -0.1) is 0 Å². The third-order valence-electron chi connectivity index (χ3n) is 2.79. The zero-order valence-corrected chi connectivity index (χ0v) is 8.73. The highest BCUT2D eigenvalue weighted by molar-refractivity contribution is 6.12. The van der Waals surface area contributed by atoms with Gasteiger partial charge in [0.1, 0.15) is 0 Å². The molecule has 1 aromatic carbocycles. The summed E-state index contributed by atoms with van der Waals surface area (Å²) in [6.07, 6.45) is 0. The van der Waals surface area contributed by atoms with Gasteiger partial charge in [0.25, 0.3) is 5.91 Å². The lowest BCUT2D eigenvalue weighted by Gasteiger charge is -2.21. The first kappa shape index (κ1) is 9.71. The highest BCUT2D eigenvalue weighted by atomic mass is 16.2. The van der Waals surface area contributed by atoms with Crippen LogP contribution < -0.4 is 4.90 Å². The molecule has 2 rings (SSSR count). The Morgan fingerprint density at radius 3 is 2.27 bits per heavy atom. The summed E-state index contributed by atoms with van der Waals surface area (Å²) < 4.78 is 0. The van der Waals surface area contributed by atoms with E-state index in [-0.39, 0.29) is 11.9 Å². The van der Waals surface area contributed by atoms with Crippen LogP contribution >= 0.6 is 0 Å². The number of carbonyl (C=O) groups is 1. The maximum Gasteiger partial charge on any atom is 0.258 e. The molecule has 15 heavy (non-hydrogen) atoms. The minimum Gasteiger partial charge on any atom is -0.301 e. The van der Waals surface area contributed by atoms with Gasteiger partial charge in [-0.2, -0.15) is 0 Å². The number of hydrogen-bond donors (Lipinski definition) is 0. The molecular formula is C13H13NO. The highest BCUT2D eigenvalue weighted by Gasteiger charge is 2.35. The Balaban J connectivity index is 2.43. The lowest BCUT2D eigenvalue weighted by molar-refractivity contribution is -0.114. The number of nitrogens with zero attached hydrogens (tertiary/aromatic N) is 1. The van der Waals surface area contributed by atoms with Crippen molar-refractivity contribution in [3.05, 3.63) is 54.6 Å². The Bertz CT molecular complexity index is 433. The van der Waals surface area contributed by atoms with E-state index in [1.807, 2.05) is 37.3 Å². The predicted molar refractivity (Wildman–Crippen MR) is 61.7 cm³/mol. The molecule has 0 aliphatic carbocycles. The standard InChI is InChI=1S/C13H13NO/c1-9-10(2)13(15)14(11(9)3)12-7-5-4-6-8-12/h4-8,11H,1-2H2,3H3. The summed E-state index contributed by atoms with van der Waals surface area (Å²) in [6.45, 7) is 9.60. The quantitative estimate of drug-likeness (QED) is 0.636. The smallest absolute Gasteiger partial charge is 0.258 e. The molecule has 0 radical (unpaired) electrons. The number of carbonyl (C=O) groups excluding carboxylic acids is 1. The van der Waals surface area contributed by atoms with Gasteiger partial charge in [0.15, 0.2) is 0 Å². The molecule has 0 spiro atoms. The number of rotatable bonds is 1. The van der Waals surface area contributed by atoms with Crippen molar-refractivity contribution < 1.29 is 4.79 Å². The fourth-order valence-electron chi connectivity index (χ4n) is 1.80. The van der Waals surface area contributed by atoms with Crippen molar-refractivity contribution in [3.63, 3.8) is 0 Å². The Hall–Kier alpha value is -1.83. The minimum absolute atomic E-state index is 0.00685. The van der Waals surface area contributed by atoms with E-state index in [9.17, 15) is 4.79 Å². The first-order valence-electron chi connectivity index (χ1n) is 4.89. The van der Waals surface area contributed by atoms with Gasteiger partial charge >= 0.3 is 0 Å². The molecule has 1 aliphatic rings. The van der Waals surface area contributed by atoms with Crippen LogP contribution in [-0.4, -0.2) is 11.9 Å². The zero-order valence-electron chi connectivity index (χ0n) is 8.73. The van der Waals surface area contributed by atoms with E-state index >= 15 is 0 Å². The topological polar surface area (TPSA) is 20.3 Å². The molecule has 0 saturated carbocycles. The Kier molecular flexibility index (Phi) is 2.19. The fraction of sp³-hybridized carbons (Fsp3) is 0.154. The van der Waals surface area contributed by atoms with Crippen molar-refractivity contribution in [3.8, 4) is 0 Å². The van der Waals surface area contributed by atoms with Crippen LogP contribution in [0.5, 0.6) is 0 Å². The van der Waals surface area contributed by atoms with E-state index in [2.05, 4.69) is 13.2 Å². The molecule has 1 atom stereocenters. The predicted octanol–water partition coefficient (Wildman–Crippen LogP) is 2.53. The van der Waals surface area contributed by atoms with Crippen LogP contribution in [0.3, 0.4) is 0 Å². The molecule has 76 valence electrons. The minimum atomic E-state index is -0.0429. The van der Waals surface area contributed by atoms with Gasteiger partial charge in [-0.3, -0.25) is 4.79 Å². The van der Waals surface area contributed by atoms with Gasteiger partial charge < -0.3 is 4.90 Å². The van der Waals surface area contributed by atoms with E-state index in [4.69, 9.17) is 0 Å². The summed E-state index contributed by atoms with van der Waals surface area (Å²) in [5.41, 5.74) is 2.23. The third kappa shape index (κ3) is 1.38. The summed E-state index contributed by atoms with van der Waals surface area (Å²) in [5, 5.41) is 0. The van der Waals surface area contributed by atoms with Crippen LogP contribution in [-0.2, 0) is 4.79 Å². The Morgan fingerprint density at radius 1 is 1.20 bits per heavy atom. The number of benzene rings is 1. The molecule has 1 saturated heterocycles. The van der Waals surface area contributed by atoms with Crippen LogP contribution in [0.25, 0.3) is 0 Å². The molecular weight excluding hydrogens is 186 g/mol. The van der Waals surface area contributed by atoms with Gasteiger partial charge in [0.05, 0.1) is 6.04 Å². The number of para-hydroxylation sites is 1. The molecule has 0 N–H and O–H groups in total. The van der Waals surface area contributed by atoms with Crippen molar-refractivity contribution in [1.29, 1.82) is 0 Å². The van der Waals surface area contributed by atoms with Crippen LogP contribution in [0, 0.1) is 0 Å². The van der Waals surface area contributed by atoms with Crippen molar-refractivity contribution in [2.75, 3.05) is 4.90 Å². The number of anilines is 1. The number of amides is 1. The van der Waals surface area contributed by atoms with Gasteiger partial charge in [-0.05, 0) is 24.6 Å². The molecule has 2 heteroatoms. The second-order valence-corrected chi connectivity index (χ2v) is 3.69. The SMILES string of the molecule is C=C1C(=C)C(C)N(c2ccccc2)C1=O. The van der Waals surface area contributed by atoms with E-state index in [1.54, 1.807) is 4.90 Å².